The highest BCUT2D eigenvalue weighted by Gasteiger charge is 2.49. The van der Waals surface area contributed by atoms with Gasteiger partial charge in [0.15, 0.2) is 0 Å². The van der Waals surface area contributed by atoms with Crippen molar-refractivity contribution >= 4 is 12.5 Å². The van der Waals surface area contributed by atoms with Crippen LogP contribution in [0.5, 0.6) is 5.75 Å². The maximum Gasteiger partial charge on any atom is 0.211 e. The second-order valence-corrected chi connectivity index (χ2v) is 6.29. The first-order valence-corrected chi connectivity index (χ1v) is 7.47. The molecule has 1 aromatic carbocycles. The van der Waals surface area contributed by atoms with Gasteiger partial charge < -0.3 is 15.4 Å². The number of carbonyl (C=O) groups excluding carboxylic acids is 1. The fraction of sp³-hybridized carbons (Fsp3) is 0.471. The first-order chi connectivity index (χ1) is 10.1. The van der Waals surface area contributed by atoms with Gasteiger partial charge >= 0.3 is 0 Å². The van der Waals surface area contributed by atoms with E-state index in [1.807, 2.05) is 12.1 Å². The quantitative estimate of drug-likeness (QED) is 0.816. The molecule has 0 bridgehead atoms. The van der Waals surface area contributed by atoms with E-state index in [0.29, 0.717) is 17.9 Å². The summed E-state index contributed by atoms with van der Waals surface area (Å²) in [6.07, 6.45) is 6.83. The first kappa shape index (κ1) is 14.1. The normalized spacial score (nSPS) is 20.1. The Kier molecular flexibility index (Phi) is 3.72. The van der Waals surface area contributed by atoms with Crippen molar-refractivity contribution in [1.29, 1.82) is 0 Å². The maximum absolute atomic E-state index is 10.4. The van der Waals surface area contributed by atoms with Crippen molar-refractivity contribution in [2.75, 3.05) is 13.1 Å². The fourth-order valence-corrected chi connectivity index (χ4v) is 3.23. The summed E-state index contributed by atoms with van der Waals surface area (Å²) in [4.78, 5) is 10.4. The Balaban J connectivity index is 1.74. The van der Waals surface area contributed by atoms with Gasteiger partial charge in [0, 0.05) is 30.3 Å². The molecule has 1 aliphatic heterocycles. The van der Waals surface area contributed by atoms with Crippen LogP contribution in [0.3, 0.4) is 0 Å². The highest BCUT2D eigenvalue weighted by molar-refractivity contribution is 5.64. The van der Waals surface area contributed by atoms with Gasteiger partial charge in [-0.15, -0.1) is 0 Å². The molecule has 2 N–H and O–H groups in total. The minimum Gasteiger partial charge on any atom is -0.490 e. The molecule has 1 spiro atoms. The lowest BCUT2D eigenvalue weighted by Gasteiger charge is -2.53. The number of carbonyl (C=O) groups is 1. The Morgan fingerprint density at radius 1 is 1.33 bits per heavy atom. The molecule has 0 radical (unpaired) electrons. The third-order valence-corrected chi connectivity index (χ3v) is 4.77. The molecule has 1 amide bonds. The van der Waals surface area contributed by atoms with Gasteiger partial charge in [-0.3, -0.25) is 4.79 Å². The van der Waals surface area contributed by atoms with E-state index in [-0.39, 0.29) is 0 Å². The van der Waals surface area contributed by atoms with E-state index >= 15 is 0 Å². The summed E-state index contributed by atoms with van der Waals surface area (Å²) < 4.78 is 6.18. The number of aryl methyl sites for hydroxylation is 1. The molecule has 1 aliphatic carbocycles. The Bertz CT molecular complexity index is 568. The van der Waals surface area contributed by atoms with Crippen molar-refractivity contribution in [1.82, 2.24) is 10.6 Å². The summed E-state index contributed by atoms with van der Waals surface area (Å²) in [5, 5.41) is 5.90. The smallest absolute Gasteiger partial charge is 0.211 e. The minimum atomic E-state index is 0.320. The average molecular weight is 286 g/mol. The lowest BCUT2D eigenvalue weighted by molar-refractivity contribution is -0.108. The Labute approximate surface area is 125 Å². The van der Waals surface area contributed by atoms with E-state index in [4.69, 9.17) is 4.74 Å². The largest absolute Gasteiger partial charge is 0.490 e. The van der Waals surface area contributed by atoms with Crippen LogP contribution < -0.4 is 15.4 Å². The van der Waals surface area contributed by atoms with E-state index in [9.17, 15) is 4.79 Å². The highest BCUT2D eigenvalue weighted by atomic mass is 16.5. The fourth-order valence-electron chi connectivity index (χ4n) is 3.23. The van der Waals surface area contributed by atoms with Crippen molar-refractivity contribution in [3.63, 3.8) is 0 Å². The van der Waals surface area contributed by atoms with E-state index in [0.717, 1.165) is 37.2 Å². The Hall–Kier alpha value is -1.81. The lowest BCUT2D eigenvalue weighted by atomic mass is 9.63. The molecule has 112 valence electrons. The van der Waals surface area contributed by atoms with Crippen LogP contribution >= 0.6 is 0 Å². The number of hydrogen-bond donors (Lipinski definition) is 2. The van der Waals surface area contributed by atoms with Crippen molar-refractivity contribution < 1.29 is 9.53 Å². The lowest BCUT2D eigenvalue weighted by Crippen LogP contribution is -2.62. The van der Waals surface area contributed by atoms with E-state index in [1.54, 1.807) is 6.20 Å². The van der Waals surface area contributed by atoms with Crippen LogP contribution in [0.4, 0.5) is 0 Å². The summed E-state index contributed by atoms with van der Waals surface area (Å²) >= 11 is 0. The minimum absolute atomic E-state index is 0.320. The molecule has 1 aromatic rings. The van der Waals surface area contributed by atoms with Crippen LogP contribution in [0.25, 0.3) is 6.08 Å². The molecule has 21 heavy (non-hydrogen) atoms. The topological polar surface area (TPSA) is 50.4 Å². The molecule has 1 heterocycles. The van der Waals surface area contributed by atoms with Crippen molar-refractivity contribution in [2.24, 2.45) is 5.41 Å². The van der Waals surface area contributed by atoms with Gasteiger partial charge in [-0.1, -0.05) is 6.07 Å². The third-order valence-electron chi connectivity index (χ3n) is 4.77. The maximum atomic E-state index is 10.4. The standard InChI is InChI=1S/C17H22N2O2/c1-12-3-4-16(15(13(12)2)5-6-18-11-20)21-14-7-17(8-14)9-19-10-17/h3-6,11,14,19H,7-10H2,1-2H3,(H,18,20)/b6-5-. The van der Waals surface area contributed by atoms with Crippen LogP contribution in [-0.2, 0) is 4.79 Å². The monoisotopic (exact) mass is 286 g/mol. The predicted molar refractivity (Wildman–Crippen MR) is 83.1 cm³/mol. The zero-order valence-electron chi connectivity index (χ0n) is 12.6. The highest BCUT2D eigenvalue weighted by Crippen LogP contribution is 2.46. The van der Waals surface area contributed by atoms with Gasteiger partial charge in [0.2, 0.25) is 6.41 Å². The molecule has 3 rings (SSSR count). The summed E-state index contributed by atoms with van der Waals surface area (Å²) in [6, 6.07) is 4.13. The van der Waals surface area contributed by atoms with Gasteiger partial charge in [-0.05, 0) is 50.0 Å². The average Bonchev–Trinajstić information content (AvgIpc) is 2.38. The van der Waals surface area contributed by atoms with Crippen LogP contribution in [-0.4, -0.2) is 25.6 Å². The molecule has 0 aromatic heterocycles. The zero-order valence-corrected chi connectivity index (χ0v) is 12.6. The van der Waals surface area contributed by atoms with Crippen LogP contribution in [0.1, 0.15) is 29.5 Å². The van der Waals surface area contributed by atoms with Crippen molar-refractivity contribution in [2.45, 2.75) is 32.8 Å². The molecule has 0 atom stereocenters. The van der Waals surface area contributed by atoms with Crippen LogP contribution in [0.2, 0.25) is 0 Å². The first-order valence-electron chi connectivity index (χ1n) is 7.47. The Morgan fingerprint density at radius 2 is 2.10 bits per heavy atom. The molecule has 2 fully saturated rings. The van der Waals surface area contributed by atoms with Crippen molar-refractivity contribution in [3.8, 4) is 5.75 Å². The molecule has 1 saturated carbocycles. The van der Waals surface area contributed by atoms with Gasteiger partial charge in [0.05, 0.1) is 6.10 Å². The molecular weight excluding hydrogens is 264 g/mol. The van der Waals surface area contributed by atoms with Gasteiger partial charge in [0.1, 0.15) is 5.75 Å². The predicted octanol–water partition coefficient (Wildman–Crippen LogP) is 2.15. The van der Waals surface area contributed by atoms with Crippen LogP contribution in [0.15, 0.2) is 18.3 Å². The molecule has 2 aliphatic rings. The van der Waals surface area contributed by atoms with Crippen LogP contribution in [0, 0.1) is 19.3 Å². The Morgan fingerprint density at radius 3 is 2.71 bits per heavy atom. The summed E-state index contributed by atoms with van der Waals surface area (Å²) in [6.45, 7) is 6.44. The number of rotatable bonds is 5. The van der Waals surface area contributed by atoms with E-state index < -0.39 is 0 Å². The van der Waals surface area contributed by atoms with E-state index in [1.165, 1.54) is 11.1 Å². The number of benzene rings is 1. The molecular formula is C17H22N2O2. The van der Waals surface area contributed by atoms with Crippen molar-refractivity contribution in [3.05, 3.63) is 35.0 Å². The summed E-state index contributed by atoms with van der Waals surface area (Å²) in [7, 11) is 0. The SMILES string of the molecule is Cc1ccc(OC2CC3(CNC3)C2)c(/C=C\NC=O)c1C. The zero-order chi connectivity index (χ0) is 14.9. The second kappa shape index (κ2) is 5.53. The third kappa shape index (κ3) is 2.68. The number of hydrogen-bond acceptors (Lipinski definition) is 3. The molecule has 4 heteroatoms. The molecule has 1 saturated heterocycles. The summed E-state index contributed by atoms with van der Waals surface area (Å²) in [5.41, 5.74) is 3.98. The van der Waals surface area contributed by atoms with Gasteiger partial charge in [-0.25, -0.2) is 0 Å². The number of nitrogens with one attached hydrogen (secondary N) is 2. The van der Waals surface area contributed by atoms with Gasteiger partial charge in [-0.2, -0.15) is 0 Å². The molecule has 4 nitrogen and oxygen atoms in total. The van der Waals surface area contributed by atoms with E-state index in [2.05, 4.69) is 30.5 Å². The number of ether oxygens (including phenoxy) is 1. The second-order valence-electron chi connectivity index (χ2n) is 6.29. The summed E-state index contributed by atoms with van der Waals surface area (Å²) in [5.74, 6) is 0.911. The number of amides is 1. The van der Waals surface area contributed by atoms with Gasteiger partial charge in [0.25, 0.3) is 0 Å². The molecule has 0 unspecified atom stereocenters.